The van der Waals surface area contributed by atoms with Gasteiger partial charge in [-0.25, -0.2) is 27.2 Å². The minimum atomic E-state index is -1.14. The minimum absolute atomic E-state index is 0.0404. The Balaban J connectivity index is 1.31. The molecule has 1 N–H and O–H groups in total. The third-order valence-corrected chi connectivity index (χ3v) is 13.2. The van der Waals surface area contributed by atoms with E-state index >= 15 is 13.2 Å². The normalized spacial score (nSPS) is 24.0. The predicted octanol–water partition coefficient (Wildman–Crippen LogP) is 8.89. The molecule has 2 amide bonds. The molecular weight excluding hydrogens is 817 g/mol. The number of carbonyl (C=O) groups excluding carboxylic acids is 2. The van der Waals surface area contributed by atoms with Crippen molar-refractivity contribution in [1.82, 2.24) is 24.8 Å². The molecule has 326 valence electrons. The Morgan fingerprint density at radius 1 is 1.05 bits per heavy atom. The molecule has 4 aliphatic heterocycles. The molecule has 0 spiro atoms. The van der Waals surface area contributed by atoms with Gasteiger partial charge in [-0.15, -0.1) is 11.3 Å². The number of nitriles is 1. The second-order valence-corrected chi connectivity index (χ2v) is 19.7. The molecular formula is C43H50F4N8O5S. The molecule has 4 aliphatic rings. The van der Waals surface area contributed by atoms with E-state index in [9.17, 15) is 19.2 Å². The Morgan fingerprint density at radius 3 is 2.48 bits per heavy atom. The van der Waals surface area contributed by atoms with E-state index in [0.717, 1.165) is 19.2 Å². The van der Waals surface area contributed by atoms with Gasteiger partial charge in [0, 0.05) is 37.0 Å². The van der Waals surface area contributed by atoms with Crippen LogP contribution in [0.1, 0.15) is 92.2 Å². The molecule has 3 fully saturated rings. The van der Waals surface area contributed by atoms with Gasteiger partial charge in [0.15, 0.2) is 11.6 Å². The minimum Gasteiger partial charge on any atom is -0.461 e. The number of hydrogen-bond acceptors (Lipinski definition) is 12. The molecule has 0 radical (unpaired) electrons. The van der Waals surface area contributed by atoms with Crippen LogP contribution in [0.3, 0.4) is 0 Å². The lowest BCUT2D eigenvalue weighted by atomic mass is 9.89. The lowest BCUT2D eigenvalue weighted by Crippen LogP contribution is -2.62. The van der Waals surface area contributed by atoms with Crippen molar-refractivity contribution in [3.05, 3.63) is 34.8 Å². The van der Waals surface area contributed by atoms with Crippen LogP contribution in [0, 0.1) is 34.7 Å². The number of alkyl halides is 1. The van der Waals surface area contributed by atoms with Crippen molar-refractivity contribution in [1.29, 1.82) is 5.26 Å². The summed E-state index contributed by atoms with van der Waals surface area (Å²) in [5, 5.41) is 12.7. The number of nitrogens with zero attached hydrogens (tertiary/aromatic N) is 7. The number of anilines is 2. The van der Waals surface area contributed by atoms with Crippen LogP contribution in [0.5, 0.6) is 6.01 Å². The number of amides is 2. The quantitative estimate of drug-likeness (QED) is 0.186. The topological polar surface area (TPSA) is 146 Å². The van der Waals surface area contributed by atoms with Crippen molar-refractivity contribution in [3.8, 4) is 23.3 Å². The Bertz CT molecular complexity index is 2480. The molecule has 4 aromatic rings. The van der Waals surface area contributed by atoms with Gasteiger partial charge in [0.1, 0.15) is 52.2 Å². The van der Waals surface area contributed by atoms with Gasteiger partial charge in [-0.05, 0) is 79.7 Å². The summed E-state index contributed by atoms with van der Waals surface area (Å²) in [6, 6.07) is 0.988. The third-order valence-electron chi connectivity index (χ3n) is 12.1. The molecule has 61 heavy (non-hydrogen) atoms. The zero-order valence-electron chi connectivity index (χ0n) is 35.5. The van der Waals surface area contributed by atoms with Gasteiger partial charge in [-0.2, -0.15) is 15.2 Å². The Morgan fingerprint density at radius 2 is 1.79 bits per heavy atom. The van der Waals surface area contributed by atoms with Crippen molar-refractivity contribution >= 4 is 55.3 Å². The van der Waals surface area contributed by atoms with Gasteiger partial charge in [-0.1, -0.05) is 13.8 Å². The Labute approximate surface area is 355 Å². The van der Waals surface area contributed by atoms with Crippen LogP contribution < -0.4 is 15.0 Å². The van der Waals surface area contributed by atoms with Gasteiger partial charge in [-0.3, -0.25) is 15.2 Å². The lowest BCUT2D eigenvalue weighted by molar-refractivity contribution is 0.00794. The first-order valence-electron chi connectivity index (χ1n) is 20.7. The van der Waals surface area contributed by atoms with Crippen molar-refractivity contribution in [2.24, 2.45) is 5.92 Å². The fourth-order valence-corrected chi connectivity index (χ4v) is 10.5. The third kappa shape index (κ3) is 7.66. The van der Waals surface area contributed by atoms with Crippen LogP contribution in [0.4, 0.5) is 38.0 Å². The van der Waals surface area contributed by atoms with Gasteiger partial charge in [0.2, 0.25) is 0 Å². The maximum absolute atomic E-state index is 17.7. The number of piperazine rings is 1. The summed E-state index contributed by atoms with van der Waals surface area (Å²) >= 11 is 0.711. The molecule has 5 atom stereocenters. The van der Waals surface area contributed by atoms with Crippen LogP contribution in [0.15, 0.2) is 6.20 Å². The van der Waals surface area contributed by atoms with Crippen LogP contribution in [0.2, 0.25) is 0 Å². The molecule has 3 saturated heterocycles. The molecule has 0 aliphatic carbocycles. The summed E-state index contributed by atoms with van der Waals surface area (Å²) in [7, 11) is 0. The highest BCUT2D eigenvalue weighted by Gasteiger charge is 2.50. The SMILES string of the molecule is CC[C@@H]1CN2c3nc(OC[C@@]45CCCN4C[C@H](F)C5)nc4c(F)c(-c5ncc(F)c6sc(NC(=O)OC(C)(C)C)c(C#N)c56)c(F)c(c34)C[C@H](C)[C@H]2CN1C(=O)OC(C)(C)C. The number of benzene rings is 1. The van der Waals surface area contributed by atoms with E-state index in [1.54, 1.807) is 46.4 Å². The second kappa shape index (κ2) is 15.4. The summed E-state index contributed by atoms with van der Waals surface area (Å²) in [5.41, 5.74) is -3.72. The van der Waals surface area contributed by atoms with E-state index < -0.39 is 64.2 Å². The predicted molar refractivity (Wildman–Crippen MR) is 222 cm³/mol. The fraction of sp³-hybridized carbons (Fsp3) is 0.581. The Hall–Kier alpha value is -5.02. The highest BCUT2D eigenvalue weighted by atomic mass is 32.1. The molecule has 0 bridgehead atoms. The smallest absolute Gasteiger partial charge is 0.412 e. The fourth-order valence-electron chi connectivity index (χ4n) is 9.50. The zero-order valence-corrected chi connectivity index (χ0v) is 36.4. The van der Waals surface area contributed by atoms with Gasteiger partial charge >= 0.3 is 18.2 Å². The first-order chi connectivity index (χ1) is 28.7. The molecule has 0 saturated carbocycles. The molecule has 13 nitrogen and oxygen atoms in total. The highest BCUT2D eigenvalue weighted by Crippen LogP contribution is 2.48. The number of pyridine rings is 1. The average molecular weight is 867 g/mol. The maximum Gasteiger partial charge on any atom is 0.412 e. The van der Waals surface area contributed by atoms with E-state index in [0.29, 0.717) is 24.2 Å². The van der Waals surface area contributed by atoms with Crippen LogP contribution in [0.25, 0.3) is 32.2 Å². The summed E-state index contributed by atoms with van der Waals surface area (Å²) in [5.74, 6) is -3.14. The number of carbonyl (C=O) groups is 2. The van der Waals surface area contributed by atoms with Gasteiger partial charge < -0.3 is 24.0 Å². The number of thiophene rings is 1. The first-order valence-corrected chi connectivity index (χ1v) is 21.5. The molecule has 3 aromatic heterocycles. The summed E-state index contributed by atoms with van der Waals surface area (Å²) < 4.78 is 83.1. The number of aromatic nitrogens is 3. The zero-order chi connectivity index (χ0) is 43.9. The number of fused-ring (bicyclic) bond motifs is 4. The highest BCUT2D eigenvalue weighted by molar-refractivity contribution is 7.23. The van der Waals surface area contributed by atoms with Crippen molar-refractivity contribution in [2.45, 2.75) is 122 Å². The van der Waals surface area contributed by atoms with Gasteiger partial charge in [0.05, 0.1) is 50.7 Å². The average Bonchev–Trinajstić information content (AvgIpc) is 3.81. The number of rotatable bonds is 6. The molecule has 7 heterocycles. The number of hydrogen-bond donors (Lipinski definition) is 1. The van der Waals surface area contributed by atoms with Crippen LogP contribution in [-0.2, 0) is 15.9 Å². The van der Waals surface area contributed by atoms with Crippen molar-refractivity contribution in [2.75, 3.05) is 43.0 Å². The number of halogens is 4. The number of ether oxygens (including phenoxy) is 3. The van der Waals surface area contributed by atoms with Crippen LogP contribution >= 0.6 is 11.3 Å². The standard InChI is InChI=1S/C43H50F4N8O5S/c1-9-23-18-55-27(19-54(23)40(57)60-42(6,7)8)21(2)13-24-29-34(50-38(51-36(29)55)58-20-43-11-10-12-53(43)17-22(44)14-43)32(47)30(31(24)46)33-28-25(15-48)37(52-39(56)59-41(3,4)5)61-35(28)26(45)16-49-33/h16,21-23,27H,9-14,17-20H2,1-8H3,(H,52,56)/t21-,22+,23+,27+,43-/m0/s1. The second-order valence-electron chi connectivity index (χ2n) is 18.7. The summed E-state index contributed by atoms with van der Waals surface area (Å²) in [4.78, 5) is 45.9. The van der Waals surface area contributed by atoms with E-state index in [4.69, 9.17) is 19.2 Å². The maximum atomic E-state index is 17.7. The summed E-state index contributed by atoms with van der Waals surface area (Å²) in [6.07, 6.45) is 0.824. The number of nitrogens with one attached hydrogen (secondary N) is 1. The monoisotopic (exact) mass is 866 g/mol. The molecule has 1 aromatic carbocycles. The summed E-state index contributed by atoms with van der Waals surface area (Å²) in [6.45, 7) is 15.7. The Kier molecular flexibility index (Phi) is 10.8. The van der Waals surface area contributed by atoms with E-state index in [2.05, 4.69) is 20.2 Å². The van der Waals surface area contributed by atoms with Gasteiger partial charge in [0.25, 0.3) is 0 Å². The van der Waals surface area contributed by atoms with Crippen molar-refractivity contribution < 1.29 is 41.4 Å². The largest absolute Gasteiger partial charge is 0.461 e. The molecule has 8 rings (SSSR count). The molecule has 18 heteroatoms. The first kappa shape index (κ1) is 42.7. The molecule has 0 unspecified atom stereocenters. The lowest BCUT2D eigenvalue weighted by Gasteiger charge is -2.48. The van der Waals surface area contributed by atoms with E-state index in [1.807, 2.05) is 24.8 Å². The van der Waals surface area contributed by atoms with Crippen LogP contribution in [-0.4, -0.2) is 105 Å². The van der Waals surface area contributed by atoms with E-state index in [-0.39, 0.29) is 106 Å². The van der Waals surface area contributed by atoms with Crippen molar-refractivity contribution in [3.63, 3.8) is 0 Å². The van der Waals surface area contributed by atoms with E-state index in [1.165, 1.54) is 0 Å².